The average molecular weight is 290 g/mol. The molecule has 1 aliphatic carbocycles. The van der Waals surface area contributed by atoms with E-state index in [-0.39, 0.29) is 6.10 Å². The number of likely N-dealkylation sites (N-methyl/N-ethyl adjacent to an activating group) is 1. The molecule has 1 N–H and O–H groups in total. The Bertz CT molecular complexity index is 479. The van der Waals surface area contributed by atoms with Gasteiger partial charge in [0.15, 0.2) is 5.82 Å². The van der Waals surface area contributed by atoms with Crippen molar-refractivity contribution in [2.45, 2.75) is 44.8 Å². The van der Waals surface area contributed by atoms with E-state index < -0.39 is 0 Å². The van der Waals surface area contributed by atoms with Gasteiger partial charge in [0.05, 0.1) is 6.61 Å². The molecule has 0 radical (unpaired) electrons. The van der Waals surface area contributed by atoms with Crippen LogP contribution in [0.15, 0.2) is 6.20 Å². The van der Waals surface area contributed by atoms with E-state index in [1.54, 1.807) is 0 Å². The van der Waals surface area contributed by atoms with Crippen molar-refractivity contribution in [2.75, 3.05) is 33.3 Å². The van der Waals surface area contributed by atoms with Gasteiger partial charge in [-0.25, -0.2) is 9.97 Å². The van der Waals surface area contributed by atoms with Gasteiger partial charge in [0.25, 0.3) is 0 Å². The highest BCUT2D eigenvalue weighted by Crippen LogP contribution is 2.28. The van der Waals surface area contributed by atoms with Gasteiger partial charge in [0.1, 0.15) is 6.10 Å². The number of ether oxygens (including phenoxy) is 1. The first-order chi connectivity index (χ1) is 10.3. The van der Waals surface area contributed by atoms with Crippen molar-refractivity contribution in [1.82, 2.24) is 20.2 Å². The quantitative estimate of drug-likeness (QED) is 0.861. The highest BCUT2D eigenvalue weighted by atomic mass is 16.5. The molecule has 1 saturated heterocycles. The van der Waals surface area contributed by atoms with Gasteiger partial charge in [-0.15, -0.1) is 0 Å². The lowest BCUT2D eigenvalue weighted by molar-refractivity contribution is -0.0256. The molecular weight excluding hydrogens is 264 g/mol. The molecular formula is C16H26N4O. The predicted molar refractivity (Wildman–Crippen MR) is 82.2 cm³/mol. The van der Waals surface area contributed by atoms with Gasteiger partial charge in [-0.05, 0) is 32.9 Å². The molecule has 0 spiro atoms. The molecule has 1 aliphatic heterocycles. The maximum Gasteiger partial charge on any atom is 0.158 e. The number of rotatable bonds is 3. The maximum atomic E-state index is 5.85. The summed E-state index contributed by atoms with van der Waals surface area (Å²) in [6, 6.07) is 0.413. The third-order valence-electron chi connectivity index (χ3n) is 4.46. The molecule has 116 valence electrons. The molecule has 1 fully saturated rings. The molecule has 1 aromatic rings. The molecule has 3 rings (SSSR count). The van der Waals surface area contributed by atoms with Crippen molar-refractivity contribution >= 4 is 0 Å². The van der Waals surface area contributed by atoms with E-state index >= 15 is 0 Å². The Morgan fingerprint density at radius 1 is 1.43 bits per heavy atom. The molecule has 1 aromatic heterocycles. The lowest BCUT2D eigenvalue weighted by Crippen LogP contribution is -2.36. The zero-order chi connectivity index (χ0) is 14.7. The van der Waals surface area contributed by atoms with Crippen LogP contribution < -0.4 is 5.32 Å². The molecule has 5 heteroatoms. The van der Waals surface area contributed by atoms with Crippen molar-refractivity contribution in [3.63, 3.8) is 0 Å². The number of fused-ring (bicyclic) bond motifs is 1. The van der Waals surface area contributed by atoms with Gasteiger partial charge in [0, 0.05) is 36.6 Å². The van der Waals surface area contributed by atoms with Crippen LogP contribution in [0.5, 0.6) is 0 Å². The first-order valence-electron chi connectivity index (χ1n) is 8.17. The van der Waals surface area contributed by atoms with Crippen molar-refractivity contribution in [1.29, 1.82) is 0 Å². The van der Waals surface area contributed by atoms with Crippen LogP contribution in [0.2, 0.25) is 0 Å². The van der Waals surface area contributed by atoms with Crippen LogP contribution >= 0.6 is 0 Å². The molecule has 0 amide bonds. The molecule has 5 nitrogen and oxygen atoms in total. The molecule has 2 atom stereocenters. The molecule has 0 aromatic carbocycles. The summed E-state index contributed by atoms with van der Waals surface area (Å²) in [5, 5.41) is 3.57. The van der Waals surface area contributed by atoms with Crippen molar-refractivity contribution in [3.05, 3.63) is 23.3 Å². The fourth-order valence-electron chi connectivity index (χ4n) is 3.28. The lowest BCUT2D eigenvalue weighted by Gasteiger charge is -2.29. The van der Waals surface area contributed by atoms with E-state index in [1.807, 2.05) is 6.20 Å². The number of aromatic nitrogens is 2. The summed E-state index contributed by atoms with van der Waals surface area (Å²) in [5.41, 5.74) is 2.52. The fraction of sp³-hybridized carbons (Fsp3) is 0.750. The van der Waals surface area contributed by atoms with E-state index in [9.17, 15) is 0 Å². The van der Waals surface area contributed by atoms with Gasteiger partial charge >= 0.3 is 0 Å². The molecule has 0 saturated carbocycles. The Labute approximate surface area is 127 Å². The SMILES string of the molecule is CCNC1CCCCc2nc(C3CN(C)CCO3)ncc21. The smallest absolute Gasteiger partial charge is 0.158 e. The number of nitrogens with zero attached hydrogens (tertiary/aromatic N) is 3. The lowest BCUT2D eigenvalue weighted by atomic mass is 10.0. The zero-order valence-electron chi connectivity index (χ0n) is 13.1. The monoisotopic (exact) mass is 290 g/mol. The average Bonchev–Trinajstić information content (AvgIpc) is 2.70. The van der Waals surface area contributed by atoms with Gasteiger partial charge < -0.3 is 15.0 Å². The van der Waals surface area contributed by atoms with Gasteiger partial charge in [-0.2, -0.15) is 0 Å². The highest BCUT2D eigenvalue weighted by Gasteiger charge is 2.25. The Kier molecular flexibility index (Phi) is 4.83. The van der Waals surface area contributed by atoms with Crippen molar-refractivity contribution in [2.24, 2.45) is 0 Å². The van der Waals surface area contributed by atoms with Crippen molar-refractivity contribution in [3.8, 4) is 0 Å². The minimum Gasteiger partial charge on any atom is -0.368 e. The Hall–Kier alpha value is -1.04. The van der Waals surface area contributed by atoms with Crippen LogP contribution in [0.25, 0.3) is 0 Å². The predicted octanol–water partition coefficient (Wildman–Crippen LogP) is 1.86. The summed E-state index contributed by atoms with van der Waals surface area (Å²) in [5.74, 6) is 0.859. The van der Waals surface area contributed by atoms with E-state index in [1.165, 1.54) is 30.5 Å². The standard InChI is InChI=1S/C16H26N4O/c1-3-17-13-6-4-5-7-14-12(13)10-18-16(19-14)15-11-20(2)8-9-21-15/h10,13,15,17H,3-9,11H2,1-2H3. The van der Waals surface area contributed by atoms with Crippen LogP contribution in [0.3, 0.4) is 0 Å². The fourth-order valence-corrected chi connectivity index (χ4v) is 3.28. The van der Waals surface area contributed by atoms with Gasteiger partial charge in [-0.1, -0.05) is 13.3 Å². The van der Waals surface area contributed by atoms with Crippen LogP contribution in [0.4, 0.5) is 0 Å². The van der Waals surface area contributed by atoms with Crippen LogP contribution in [-0.2, 0) is 11.2 Å². The third-order valence-corrected chi connectivity index (χ3v) is 4.46. The highest BCUT2D eigenvalue weighted by molar-refractivity contribution is 5.24. The minimum atomic E-state index is 0.0230. The van der Waals surface area contributed by atoms with Crippen LogP contribution in [0, 0.1) is 0 Å². The molecule has 2 heterocycles. The Morgan fingerprint density at radius 2 is 2.33 bits per heavy atom. The largest absolute Gasteiger partial charge is 0.368 e. The van der Waals surface area contributed by atoms with E-state index in [4.69, 9.17) is 9.72 Å². The molecule has 21 heavy (non-hydrogen) atoms. The summed E-state index contributed by atoms with van der Waals surface area (Å²) < 4.78 is 5.85. The number of aryl methyl sites for hydroxylation is 1. The van der Waals surface area contributed by atoms with E-state index in [0.717, 1.165) is 38.5 Å². The summed E-state index contributed by atoms with van der Waals surface area (Å²) in [6.07, 6.45) is 6.79. The normalized spacial score (nSPS) is 27.1. The number of hydrogen-bond donors (Lipinski definition) is 1. The summed E-state index contributed by atoms with van der Waals surface area (Å²) in [7, 11) is 2.13. The first kappa shape index (κ1) is 14.9. The Morgan fingerprint density at radius 3 is 3.14 bits per heavy atom. The number of morpholine rings is 1. The van der Waals surface area contributed by atoms with Gasteiger partial charge in [0.2, 0.25) is 0 Å². The molecule has 0 bridgehead atoms. The van der Waals surface area contributed by atoms with Crippen LogP contribution in [0.1, 0.15) is 55.4 Å². The Balaban J connectivity index is 1.84. The number of hydrogen-bond acceptors (Lipinski definition) is 5. The van der Waals surface area contributed by atoms with Crippen LogP contribution in [-0.4, -0.2) is 48.2 Å². The number of nitrogens with one attached hydrogen (secondary N) is 1. The summed E-state index contributed by atoms with van der Waals surface area (Å²) >= 11 is 0. The zero-order valence-corrected chi connectivity index (χ0v) is 13.1. The van der Waals surface area contributed by atoms with E-state index in [2.05, 4.69) is 29.2 Å². The van der Waals surface area contributed by atoms with Crippen molar-refractivity contribution < 1.29 is 4.74 Å². The maximum absolute atomic E-state index is 5.85. The minimum absolute atomic E-state index is 0.0230. The summed E-state index contributed by atoms with van der Waals surface area (Å²) in [6.45, 7) is 5.79. The second-order valence-corrected chi connectivity index (χ2v) is 6.11. The third kappa shape index (κ3) is 3.42. The second-order valence-electron chi connectivity index (χ2n) is 6.11. The second kappa shape index (κ2) is 6.81. The molecule has 2 aliphatic rings. The topological polar surface area (TPSA) is 50.3 Å². The van der Waals surface area contributed by atoms with E-state index in [0.29, 0.717) is 6.04 Å². The molecule has 2 unspecified atom stereocenters. The van der Waals surface area contributed by atoms with Gasteiger partial charge in [-0.3, -0.25) is 0 Å². The first-order valence-corrected chi connectivity index (χ1v) is 8.17. The summed E-state index contributed by atoms with van der Waals surface area (Å²) in [4.78, 5) is 11.8.